The number of Topliss-reactive ketones (excluding diaryl/α,β-unsaturated/α-hetero) is 1. The van der Waals surface area contributed by atoms with Gasteiger partial charge in [0.1, 0.15) is 0 Å². The normalized spacial score (nSPS) is 26.4. The number of allylic oxidation sites excluding steroid dienone is 1. The average Bonchev–Trinajstić information content (AvgIpc) is 2.52. The first kappa shape index (κ1) is 9.91. The van der Waals surface area contributed by atoms with Gasteiger partial charge in [-0.25, -0.2) is 0 Å². The summed E-state index contributed by atoms with van der Waals surface area (Å²) in [4.78, 5) is 11.4. The summed E-state index contributed by atoms with van der Waals surface area (Å²) in [6.45, 7) is 0. The zero-order valence-electron chi connectivity index (χ0n) is 8.59. The van der Waals surface area contributed by atoms with Crippen LogP contribution in [-0.4, -0.2) is 16.5 Å². The maximum Gasteiger partial charge on any atom is 0.158 e. The molecule has 14 heavy (non-hydrogen) atoms. The predicted molar refractivity (Wildman–Crippen MR) is 55.0 cm³/mol. The van der Waals surface area contributed by atoms with Gasteiger partial charge in [0.05, 0.1) is 5.60 Å². The standard InChI is InChI=1S/C12H18O2/c13-11-6-4-5-10(11)9-12(14)7-2-1-3-8-12/h5,14H,1-4,6-9H2. The van der Waals surface area contributed by atoms with E-state index in [1.165, 1.54) is 6.42 Å². The quantitative estimate of drug-likeness (QED) is 0.732. The summed E-state index contributed by atoms with van der Waals surface area (Å²) >= 11 is 0. The van der Waals surface area contributed by atoms with Gasteiger partial charge in [0.15, 0.2) is 5.78 Å². The summed E-state index contributed by atoms with van der Waals surface area (Å²) in [5, 5.41) is 10.3. The third-order valence-corrected chi connectivity index (χ3v) is 3.42. The molecule has 2 heteroatoms. The Morgan fingerprint density at radius 1 is 1.29 bits per heavy atom. The molecule has 0 amide bonds. The number of carbonyl (C=O) groups is 1. The maximum absolute atomic E-state index is 11.4. The predicted octanol–water partition coefficient (Wildman–Crippen LogP) is 2.36. The van der Waals surface area contributed by atoms with E-state index in [0.29, 0.717) is 12.8 Å². The van der Waals surface area contributed by atoms with E-state index in [0.717, 1.165) is 37.7 Å². The van der Waals surface area contributed by atoms with Gasteiger partial charge in [0.2, 0.25) is 0 Å². The SMILES string of the molecule is O=C1CCC=C1CC1(O)CCCCC1. The molecule has 0 heterocycles. The minimum atomic E-state index is -0.565. The molecule has 0 bridgehead atoms. The van der Waals surface area contributed by atoms with Crippen LogP contribution >= 0.6 is 0 Å². The number of ketones is 1. The molecule has 0 atom stereocenters. The highest BCUT2D eigenvalue weighted by Gasteiger charge is 2.32. The lowest BCUT2D eigenvalue weighted by molar-refractivity contribution is -0.115. The van der Waals surface area contributed by atoms with E-state index < -0.39 is 5.60 Å². The summed E-state index contributed by atoms with van der Waals surface area (Å²) in [6, 6.07) is 0. The van der Waals surface area contributed by atoms with Gasteiger partial charge in [-0.3, -0.25) is 4.79 Å². The summed E-state index contributed by atoms with van der Waals surface area (Å²) in [5.41, 5.74) is 0.318. The van der Waals surface area contributed by atoms with Crippen molar-refractivity contribution in [1.29, 1.82) is 0 Å². The minimum Gasteiger partial charge on any atom is -0.390 e. The lowest BCUT2D eigenvalue weighted by Crippen LogP contribution is -2.32. The van der Waals surface area contributed by atoms with E-state index in [9.17, 15) is 9.90 Å². The molecule has 2 aliphatic rings. The lowest BCUT2D eigenvalue weighted by Gasteiger charge is -2.32. The molecule has 0 aromatic heterocycles. The molecule has 78 valence electrons. The highest BCUT2D eigenvalue weighted by Crippen LogP contribution is 2.35. The zero-order valence-corrected chi connectivity index (χ0v) is 8.59. The third-order valence-electron chi connectivity index (χ3n) is 3.42. The van der Waals surface area contributed by atoms with E-state index >= 15 is 0 Å². The van der Waals surface area contributed by atoms with E-state index in [1.807, 2.05) is 6.08 Å². The molecule has 1 fully saturated rings. The van der Waals surface area contributed by atoms with E-state index in [-0.39, 0.29) is 5.78 Å². The second-order valence-corrected chi connectivity index (χ2v) is 4.65. The fourth-order valence-corrected chi connectivity index (χ4v) is 2.56. The van der Waals surface area contributed by atoms with Crippen LogP contribution in [0.3, 0.4) is 0 Å². The summed E-state index contributed by atoms with van der Waals surface area (Å²) < 4.78 is 0. The first-order chi connectivity index (χ1) is 6.70. The van der Waals surface area contributed by atoms with E-state index in [1.54, 1.807) is 0 Å². The molecule has 0 unspecified atom stereocenters. The second-order valence-electron chi connectivity index (χ2n) is 4.65. The number of rotatable bonds is 2. The molecule has 0 saturated heterocycles. The average molecular weight is 194 g/mol. The van der Waals surface area contributed by atoms with Gasteiger partial charge < -0.3 is 5.11 Å². The second kappa shape index (κ2) is 3.85. The molecular weight excluding hydrogens is 176 g/mol. The van der Waals surface area contributed by atoms with Crippen LogP contribution in [0.2, 0.25) is 0 Å². The monoisotopic (exact) mass is 194 g/mol. The van der Waals surface area contributed by atoms with Crippen LogP contribution in [-0.2, 0) is 4.79 Å². The van der Waals surface area contributed by atoms with Crippen molar-refractivity contribution in [2.45, 2.75) is 57.0 Å². The lowest BCUT2D eigenvalue weighted by atomic mass is 9.80. The highest BCUT2D eigenvalue weighted by atomic mass is 16.3. The molecule has 2 nitrogen and oxygen atoms in total. The van der Waals surface area contributed by atoms with Gasteiger partial charge in [0, 0.05) is 12.8 Å². The van der Waals surface area contributed by atoms with Crippen LogP contribution in [0.4, 0.5) is 0 Å². The number of hydrogen-bond donors (Lipinski definition) is 1. The van der Waals surface area contributed by atoms with Crippen molar-refractivity contribution in [3.63, 3.8) is 0 Å². The maximum atomic E-state index is 11.4. The molecule has 0 aliphatic heterocycles. The third kappa shape index (κ3) is 2.06. The van der Waals surface area contributed by atoms with Gasteiger partial charge in [-0.1, -0.05) is 25.3 Å². The molecule has 0 aromatic rings. The topological polar surface area (TPSA) is 37.3 Å². The smallest absolute Gasteiger partial charge is 0.158 e. The highest BCUT2D eigenvalue weighted by molar-refractivity contribution is 5.97. The van der Waals surface area contributed by atoms with Crippen molar-refractivity contribution < 1.29 is 9.90 Å². The molecule has 1 saturated carbocycles. The Morgan fingerprint density at radius 3 is 2.57 bits per heavy atom. The number of hydrogen-bond acceptors (Lipinski definition) is 2. The van der Waals surface area contributed by atoms with Gasteiger partial charge in [-0.15, -0.1) is 0 Å². The summed E-state index contributed by atoms with van der Waals surface area (Å²) in [6.07, 6.45) is 9.34. The van der Waals surface area contributed by atoms with Crippen LogP contribution in [0, 0.1) is 0 Å². The molecule has 0 spiro atoms. The number of carbonyl (C=O) groups excluding carboxylic acids is 1. The Balaban J connectivity index is 1.98. The molecule has 0 aromatic carbocycles. The van der Waals surface area contributed by atoms with Crippen molar-refractivity contribution in [2.24, 2.45) is 0 Å². The van der Waals surface area contributed by atoms with Crippen molar-refractivity contribution >= 4 is 5.78 Å². The molecule has 1 N–H and O–H groups in total. The van der Waals surface area contributed by atoms with Gasteiger partial charge in [0.25, 0.3) is 0 Å². The fourth-order valence-electron chi connectivity index (χ4n) is 2.56. The summed E-state index contributed by atoms with van der Waals surface area (Å²) in [5.74, 6) is 0.254. The Labute approximate surface area is 85.0 Å². The Kier molecular flexibility index (Phi) is 2.73. The van der Waals surface area contributed by atoms with E-state index in [2.05, 4.69) is 0 Å². The molecule has 0 radical (unpaired) electrons. The fraction of sp³-hybridized carbons (Fsp3) is 0.750. The largest absolute Gasteiger partial charge is 0.390 e. The van der Waals surface area contributed by atoms with Gasteiger partial charge in [-0.2, -0.15) is 0 Å². The van der Waals surface area contributed by atoms with Crippen molar-refractivity contribution in [3.05, 3.63) is 11.6 Å². The Hall–Kier alpha value is -0.630. The van der Waals surface area contributed by atoms with Gasteiger partial charge >= 0.3 is 0 Å². The van der Waals surface area contributed by atoms with Crippen LogP contribution < -0.4 is 0 Å². The van der Waals surface area contributed by atoms with Gasteiger partial charge in [-0.05, 0) is 24.8 Å². The minimum absolute atomic E-state index is 0.254. The van der Waals surface area contributed by atoms with Crippen molar-refractivity contribution in [3.8, 4) is 0 Å². The van der Waals surface area contributed by atoms with Crippen molar-refractivity contribution in [1.82, 2.24) is 0 Å². The molecular formula is C12H18O2. The zero-order chi connectivity index (χ0) is 10.0. The van der Waals surface area contributed by atoms with Crippen LogP contribution in [0.5, 0.6) is 0 Å². The van der Waals surface area contributed by atoms with Crippen molar-refractivity contribution in [2.75, 3.05) is 0 Å². The first-order valence-electron chi connectivity index (χ1n) is 5.64. The Bertz CT molecular complexity index is 259. The molecule has 2 aliphatic carbocycles. The number of aliphatic hydroxyl groups is 1. The van der Waals surface area contributed by atoms with Crippen LogP contribution in [0.1, 0.15) is 51.4 Å². The summed E-state index contributed by atoms with van der Waals surface area (Å²) in [7, 11) is 0. The first-order valence-corrected chi connectivity index (χ1v) is 5.64. The molecule has 2 rings (SSSR count). The Morgan fingerprint density at radius 2 is 2.00 bits per heavy atom. The van der Waals surface area contributed by atoms with E-state index in [4.69, 9.17) is 0 Å². The van der Waals surface area contributed by atoms with Crippen LogP contribution in [0.25, 0.3) is 0 Å². The van der Waals surface area contributed by atoms with Crippen LogP contribution in [0.15, 0.2) is 11.6 Å².